The van der Waals surface area contributed by atoms with Crippen LogP contribution in [0.15, 0.2) is 60.7 Å². The molecule has 0 saturated carbocycles. The Balaban J connectivity index is 2.03. The van der Waals surface area contributed by atoms with Gasteiger partial charge in [-0.25, -0.2) is 4.98 Å². The van der Waals surface area contributed by atoms with Crippen LogP contribution in [0.2, 0.25) is 0 Å². The molecular weight excluding hydrogens is 278 g/mol. The Morgan fingerprint density at radius 1 is 0.957 bits per heavy atom. The molecule has 0 unspecified atom stereocenters. The third kappa shape index (κ3) is 3.68. The predicted octanol–water partition coefficient (Wildman–Crippen LogP) is 6.27. The smallest absolute Gasteiger partial charge is 0.0709 e. The lowest BCUT2D eigenvalue weighted by atomic mass is 9.95. The molecule has 0 aliphatic rings. The van der Waals surface area contributed by atoms with E-state index in [0.717, 1.165) is 17.6 Å². The second kappa shape index (κ2) is 7.23. The van der Waals surface area contributed by atoms with E-state index in [4.69, 9.17) is 4.98 Å². The lowest BCUT2D eigenvalue weighted by Crippen LogP contribution is -1.91. The predicted molar refractivity (Wildman–Crippen MR) is 100 cm³/mol. The minimum absolute atomic E-state index is 1.04. The number of benzene rings is 2. The molecule has 1 heterocycles. The van der Waals surface area contributed by atoms with Crippen molar-refractivity contribution in [3.63, 3.8) is 0 Å². The normalized spacial score (nSPS) is 11.8. The van der Waals surface area contributed by atoms with E-state index in [0.29, 0.717) is 0 Å². The third-order valence-electron chi connectivity index (χ3n) is 4.23. The van der Waals surface area contributed by atoms with Crippen molar-refractivity contribution in [3.8, 4) is 0 Å². The van der Waals surface area contributed by atoms with Crippen LogP contribution in [0.25, 0.3) is 22.6 Å². The maximum absolute atomic E-state index is 4.80. The number of unbranched alkanes of at least 4 members (excludes halogenated alkanes) is 1. The minimum atomic E-state index is 1.04. The van der Waals surface area contributed by atoms with Crippen LogP contribution < -0.4 is 0 Å². The summed E-state index contributed by atoms with van der Waals surface area (Å²) in [6.45, 7) is 4.42. The first-order valence-corrected chi connectivity index (χ1v) is 8.40. The van der Waals surface area contributed by atoms with E-state index in [2.05, 4.69) is 74.5 Å². The van der Waals surface area contributed by atoms with Crippen LogP contribution in [-0.4, -0.2) is 4.98 Å². The number of allylic oxidation sites excluding steroid dienone is 1. The maximum atomic E-state index is 4.80. The van der Waals surface area contributed by atoms with E-state index < -0.39 is 0 Å². The molecule has 0 aliphatic heterocycles. The summed E-state index contributed by atoms with van der Waals surface area (Å²) in [7, 11) is 0. The molecule has 0 saturated heterocycles. The Kier molecular flexibility index (Phi) is 4.87. The number of aryl methyl sites for hydroxylation is 1. The summed E-state index contributed by atoms with van der Waals surface area (Å²) in [5.74, 6) is 0. The van der Waals surface area contributed by atoms with Crippen molar-refractivity contribution in [3.05, 3.63) is 77.5 Å². The summed E-state index contributed by atoms with van der Waals surface area (Å²) < 4.78 is 0. The SMILES string of the molecule is CCCC/C(=C/c1ccc2ccccc2n1)c1ccccc1C. The van der Waals surface area contributed by atoms with E-state index in [-0.39, 0.29) is 0 Å². The van der Waals surface area contributed by atoms with E-state index >= 15 is 0 Å². The van der Waals surface area contributed by atoms with Gasteiger partial charge in [0.15, 0.2) is 0 Å². The summed E-state index contributed by atoms with van der Waals surface area (Å²) in [6, 6.07) is 21.2. The van der Waals surface area contributed by atoms with Gasteiger partial charge in [-0.05, 0) is 54.7 Å². The largest absolute Gasteiger partial charge is 0.248 e. The molecule has 1 aromatic heterocycles. The van der Waals surface area contributed by atoms with Gasteiger partial charge in [0.1, 0.15) is 0 Å². The summed E-state index contributed by atoms with van der Waals surface area (Å²) >= 11 is 0. The molecule has 0 amide bonds. The number of nitrogens with zero attached hydrogens (tertiary/aromatic N) is 1. The van der Waals surface area contributed by atoms with Gasteiger partial charge in [-0.3, -0.25) is 0 Å². The highest BCUT2D eigenvalue weighted by Gasteiger charge is 2.06. The third-order valence-corrected chi connectivity index (χ3v) is 4.23. The van der Waals surface area contributed by atoms with Gasteiger partial charge in [0.2, 0.25) is 0 Å². The van der Waals surface area contributed by atoms with Crippen molar-refractivity contribution in [2.24, 2.45) is 0 Å². The van der Waals surface area contributed by atoms with Gasteiger partial charge in [0, 0.05) is 5.39 Å². The molecule has 3 aromatic rings. The van der Waals surface area contributed by atoms with Crippen molar-refractivity contribution >= 4 is 22.6 Å². The van der Waals surface area contributed by atoms with Crippen LogP contribution in [0.5, 0.6) is 0 Å². The molecule has 0 bridgehead atoms. The van der Waals surface area contributed by atoms with E-state index in [9.17, 15) is 0 Å². The summed E-state index contributed by atoms with van der Waals surface area (Å²) in [5, 5.41) is 1.19. The molecule has 0 radical (unpaired) electrons. The molecule has 3 rings (SSSR count). The Labute approximate surface area is 138 Å². The minimum Gasteiger partial charge on any atom is -0.248 e. The van der Waals surface area contributed by atoms with Crippen LogP contribution in [0, 0.1) is 6.92 Å². The molecule has 2 aromatic carbocycles. The average Bonchev–Trinajstić information content (AvgIpc) is 2.59. The van der Waals surface area contributed by atoms with Crippen molar-refractivity contribution < 1.29 is 0 Å². The summed E-state index contributed by atoms with van der Waals surface area (Å²) in [5.41, 5.74) is 6.15. The quantitative estimate of drug-likeness (QED) is 0.541. The molecule has 0 fully saturated rings. The van der Waals surface area contributed by atoms with Crippen LogP contribution in [0.4, 0.5) is 0 Å². The van der Waals surface area contributed by atoms with Crippen LogP contribution in [0.1, 0.15) is 43.0 Å². The first kappa shape index (κ1) is 15.5. The van der Waals surface area contributed by atoms with Gasteiger partial charge >= 0.3 is 0 Å². The molecule has 0 N–H and O–H groups in total. The molecule has 0 spiro atoms. The monoisotopic (exact) mass is 301 g/mol. The lowest BCUT2D eigenvalue weighted by molar-refractivity contribution is 0.825. The standard InChI is InChI=1S/C22H23N/c1-3-4-10-19(21-12-7-5-9-17(21)2)16-20-15-14-18-11-6-8-13-22(18)23-20/h5-9,11-16H,3-4,10H2,1-2H3/b19-16-. The van der Waals surface area contributed by atoms with Gasteiger partial charge < -0.3 is 0 Å². The zero-order chi connectivity index (χ0) is 16.1. The lowest BCUT2D eigenvalue weighted by Gasteiger charge is -2.11. The highest BCUT2D eigenvalue weighted by Crippen LogP contribution is 2.26. The number of hydrogen-bond acceptors (Lipinski definition) is 1. The van der Waals surface area contributed by atoms with E-state index in [1.807, 2.05) is 6.07 Å². The van der Waals surface area contributed by atoms with Crippen molar-refractivity contribution in [2.75, 3.05) is 0 Å². The molecule has 116 valence electrons. The highest BCUT2D eigenvalue weighted by atomic mass is 14.7. The molecular formula is C22H23N. The first-order chi connectivity index (χ1) is 11.3. The van der Waals surface area contributed by atoms with Crippen LogP contribution in [0.3, 0.4) is 0 Å². The number of pyridine rings is 1. The average molecular weight is 301 g/mol. The summed E-state index contributed by atoms with van der Waals surface area (Å²) in [6.07, 6.45) is 5.75. The van der Waals surface area contributed by atoms with Crippen molar-refractivity contribution in [1.29, 1.82) is 0 Å². The fourth-order valence-corrected chi connectivity index (χ4v) is 2.93. The van der Waals surface area contributed by atoms with Crippen molar-refractivity contribution in [1.82, 2.24) is 4.98 Å². The second-order valence-electron chi connectivity index (χ2n) is 6.02. The first-order valence-electron chi connectivity index (χ1n) is 8.40. The summed E-state index contributed by atoms with van der Waals surface area (Å²) in [4.78, 5) is 4.80. The van der Waals surface area contributed by atoms with Crippen molar-refractivity contribution in [2.45, 2.75) is 33.1 Å². The molecule has 23 heavy (non-hydrogen) atoms. The van der Waals surface area contributed by atoms with Gasteiger partial charge in [-0.2, -0.15) is 0 Å². The van der Waals surface area contributed by atoms with Crippen LogP contribution in [-0.2, 0) is 0 Å². The topological polar surface area (TPSA) is 12.9 Å². The fourth-order valence-electron chi connectivity index (χ4n) is 2.93. The van der Waals surface area contributed by atoms with Gasteiger partial charge in [0.25, 0.3) is 0 Å². The molecule has 0 atom stereocenters. The maximum Gasteiger partial charge on any atom is 0.0709 e. The number of fused-ring (bicyclic) bond motifs is 1. The Morgan fingerprint density at radius 3 is 2.57 bits per heavy atom. The molecule has 1 heteroatoms. The fraction of sp³-hybridized carbons (Fsp3) is 0.227. The van der Waals surface area contributed by atoms with Gasteiger partial charge in [-0.15, -0.1) is 0 Å². The zero-order valence-corrected chi connectivity index (χ0v) is 13.9. The van der Waals surface area contributed by atoms with E-state index in [1.54, 1.807) is 0 Å². The Morgan fingerprint density at radius 2 is 1.74 bits per heavy atom. The molecule has 0 aliphatic carbocycles. The zero-order valence-electron chi connectivity index (χ0n) is 13.9. The Bertz CT molecular complexity index is 830. The number of para-hydroxylation sites is 1. The van der Waals surface area contributed by atoms with Gasteiger partial charge in [0.05, 0.1) is 11.2 Å². The number of aromatic nitrogens is 1. The Hall–Kier alpha value is -2.41. The molecule has 1 nitrogen and oxygen atoms in total. The van der Waals surface area contributed by atoms with Crippen LogP contribution >= 0.6 is 0 Å². The second-order valence-corrected chi connectivity index (χ2v) is 6.02. The van der Waals surface area contributed by atoms with E-state index in [1.165, 1.54) is 34.9 Å². The number of hydrogen-bond donors (Lipinski definition) is 0. The van der Waals surface area contributed by atoms with Gasteiger partial charge in [-0.1, -0.05) is 61.9 Å². The number of rotatable bonds is 5. The highest BCUT2D eigenvalue weighted by molar-refractivity contribution is 5.85.